The van der Waals surface area contributed by atoms with Crippen molar-refractivity contribution in [1.82, 2.24) is 0 Å². The molecule has 0 saturated carbocycles. The van der Waals surface area contributed by atoms with Gasteiger partial charge in [0, 0.05) is 14.2 Å². The van der Waals surface area contributed by atoms with Crippen LogP contribution < -0.4 is 4.74 Å². The van der Waals surface area contributed by atoms with Crippen molar-refractivity contribution in [3.63, 3.8) is 0 Å². The van der Waals surface area contributed by atoms with Crippen LogP contribution in [-0.2, 0) is 5.88 Å². The monoisotopic (exact) mass is 378 g/mol. The molecule has 0 amide bonds. The van der Waals surface area contributed by atoms with Crippen LogP contribution in [0.2, 0.25) is 5.02 Å². The second kappa shape index (κ2) is 5.94. The first kappa shape index (κ1) is 13.0. The van der Waals surface area contributed by atoms with Crippen molar-refractivity contribution >= 4 is 45.8 Å². The Hall–Kier alpha value is -0.450. The van der Waals surface area contributed by atoms with Crippen LogP contribution in [0.15, 0.2) is 42.5 Å². The van der Waals surface area contributed by atoms with Crippen LogP contribution in [0.25, 0.3) is 0 Å². The van der Waals surface area contributed by atoms with Gasteiger partial charge in [-0.15, -0.1) is 11.6 Å². The van der Waals surface area contributed by atoms with Gasteiger partial charge in [0.05, 0.1) is 5.88 Å². The fraction of sp³-hybridized carbons (Fsp3) is 0.0769. The maximum Gasteiger partial charge on any atom is 0.133 e. The Balaban J connectivity index is 2.32. The van der Waals surface area contributed by atoms with Gasteiger partial charge >= 0.3 is 0 Å². The van der Waals surface area contributed by atoms with Crippen LogP contribution >= 0.6 is 45.8 Å². The van der Waals surface area contributed by atoms with E-state index in [-0.39, 0.29) is 0 Å². The lowest BCUT2D eigenvalue weighted by molar-refractivity contribution is 0.478. The smallest absolute Gasteiger partial charge is 0.133 e. The molecule has 2 rings (SSSR count). The Morgan fingerprint density at radius 3 is 2.65 bits per heavy atom. The number of ether oxygens (including phenoxy) is 1. The van der Waals surface area contributed by atoms with Crippen LogP contribution in [0.3, 0.4) is 0 Å². The van der Waals surface area contributed by atoms with Crippen molar-refractivity contribution in [3.05, 3.63) is 56.6 Å². The van der Waals surface area contributed by atoms with Crippen molar-refractivity contribution in [2.75, 3.05) is 0 Å². The van der Waals surface area contributed by atoms with E-state index in [9.17, 15) is 0 Å². The molecule has 0 heterocycles. The Labute approximate surface area is 124 Å². The molecule has 0 fully saturated rings. The second-order valence-corrected chi connectivity index (χ2v) is 5.39. The topological polar surface area (TPSA) is 9.23 Å². The highest BCUT2D eigenvalue weighted by molar-refractivity contribution is 14.1. The molecule has 0 spiro atoms. The molecule has 0 N–H and O–H groups in total. The molecule has 0 bridgehead atoms. The average molecular weight is 379 g/mol. The minimum Gasteiger partial charge on any atom is -0.457 e. The van der Waals surface area contributed by atoms with Gasteiger partial charge < -0.3 is 4.74 Å². The van der Waals surface area contributed by atoms with E-state index >= 15 is 0 Å². The van der Waals surface area contributed by atoms with Gasteiger partial charge in [0.25, 0.3) is 0 Å². The number of alkyl halides is 1. The van der Waals surface area contributed by atoms with Crippen LogP contribution in [0.5, 0.6) is 11.5 Å². The molecule has 0 atom stereocenters. The Kier molecular flexibility index (Phi) is 4.54. The minimum absolute atomic E-state index is 0.399. The summed E-state index contributed by atoms with van der Waals surface area (Å²) in [6.07, 6.45) is 0. The SMILES string of the molecule is ClCc1ccc(Cl)cc1Oc1cccc(I)c1. The second-order valence-electron chi connectivity index (χ2n) is 3.45. The van der Waals surface area contributed by atoms with E-state index in [0.717, 1.165) is 14.9 Å². The van der Waals surface area contributed by atoms with E-state index in [2.05, 4.69) is 22.6 Å². The van der Waals surface area contributed by atoms with Crippen molar-refractivity contribution in [3.8, 4) is 11.5 Å². The fourth-order valence-electron chi connectivity index (χ4n) is 1.39. The molecule has 17 heavy (non-hydrogen) atoms. The van der Waals surface area contributed by atoms with Crippen LogP contribution in [0.1, 0.15) is 5.56 Å². The van der Waals surface area contributed by atoms with Crippen molar-refractivity contribution in [2.24, 2.45) is 0 Å². The lowest BCUT2D eigenvalue weighted by Crippen LogP contribution is -1.90. The quantitative estimate of drug-likeness (QED) is 0.507. The van der Waals surface area contributed by atoms with Gasteiger partial charge in [-0.2, -0.15) is 0 Å². The summed E-state index contributed by atoms with van der Waals surface area (Å²) < 4.78 is 6.91. The van der Waals surface area contributed by atoms with Crippen molar-refractivity contribution in [2.45, 2.75) is 5.88 Å². The van der Waals surface area contributed by atoms with E-state index in [1.807, 2.05) is 30.3 Å². The predicted molar refractivity (Wildman–Crippen MR) is 80.2 cm³/mol. The molecule has 4 heteroatoms. The van der Waals surface area contributed by atoms with Gasteiger partial charge in [-0.3, -0.25) is 0 Å². The van der Waals surface area contributed by atoms with Crippen molar-refractivity contribution in [1.29, 1.82) is 0 Å². The maximum atomic E-state index is 5.95. The Bertz CT molecular complexity index is 529. The molecule has 0 aliphatic heterocycles. The zero-order valence-corrected chi connectivity index (χ0v) is 12.5. The first-order chi connectivity index (χ1) is 8.19. The number of hydrogen-bond donors (Lipinski definition) is 0. The number of hydrogen-bond acceptors (Lipinski definition) is 1. The van der Waals surface area contributed by atoms with E-state index < -0.39 is 0 Å². The predicted octanol–water partition coefficient (Wildman–Crippen LogP) is 5.48. The van der Waals surface area contributed by atoms with Gasteiger partial charge in [-0.1, -0.05) is 23.7 Å². The number of rotatable bonds is 3. The molecular weight excluding hydrogens is 370 g/mol. The third-order valence-electron chi connectivity index (χ3n) is 2.20. The first-order valence-corrected chi connectivity index (χ1v) is 6.96. The minimum atomic E-state index is 0.399. The molecule has 88 valence electrons. The zero-order chi connectivity index (χ0) is 12.3. The molecule has 0 unspecified atom stereocenters. The third-order valence-corrected chi connectivity index (χ3v) is 3.39. The number of benzene rings is 2. The van der Waals surface area contributed by atoms with Gasteiger partial charge in [-0.05, 0) is 52.9 Å². The zero-order valence-electron chi connectivity index (χ0n) is 8.79. The summed E-state index contributed by atoms with van der Waals surface area (Å²) in [5.41, 5.74) is 0.926. The molecule has 2 aromatic rings. The lowest BCUT2D eigenvalue weighted by Gasteiger charge is -2.10. The third kappa shape index (κ3) is 3.50. The maximum absolute atomic E-state index is 5.95. The average Bonchev–Trinajstić information content (AvgIpc) is 2.29. The summed E-state index contributed by atoms with van der Waals surface area (Å²) in [7, 11) is 0. The van der Waals surface area contributed by atoms with Gasteiger partial charge in [-0.25, -0.2) is 0 Å². The highest BCUT2D eigenvalue weighted by Gasteiger charge is 2.05. The van der Waals surface area contributed by atoms with E-state index in [4.69, 9.17) is 27.9 Å². The molecule has 0 saturated heterocycles. The van der Waals surface area contributed by atoms with Crippen LogP contribution in [0.4, 0.5) is 0 Å². The van der Waals surface area contributed by atoms with Crippen molar-refractivity contribution < 1.29 is 4.74 Å². The lowest BCUT2D eigenvalue weighted by atomic mass is 10.2. The van der Waals surface area contributed by atoms with E-state index in [1.165, 1.54) is 0 Å². The Morgan fingerprint density at radius 1 is 1.12 bits per heavy atom. The molecule has 0 aromatic heterocycles. The fourth-order valence-corrected chi connectivity index (χ4v) is 2.29. The van der Waals surface area contributed by atoms with E-state index in [1.54, 1.807) is 12.1 Å². The molecule has 0 aliphatic rings. The summed E-state index contributed by atoms with van der Waals surface area (Å²) in [6.45, 7) is 0. The first-order valence-electron chi connectivity index (χ1n) is 4.97. The molecule has 1 nitrogen and oxygen atoms in total. The molecular formula is C13H9Cl2IO. The summed E-state index contributed by atoms with van der Waals surface area (Å²) >= 11 is 14.0. The summed E-state index contributed by atoms with van der Waals surface area (Å²) in [5, 5.41) is 0.638. The largest absolute Gasteiger partial charge is 0.457 e. The van der Waals surface area contributed by atoms with Crippen LogP contribution in [0, 0.1) is 3.57 Å². The standard InChI is InChI=1S/C13H9Cl2IO/c14-8-9-4-5-10(15)6-13(9)17-12-3-1-2-11(16)7-12/h1-7H,8H2. The summed E-state index contributed by atoms with van der Waals surface area (Å²) in [6, 6.07) is 13.3. The van der Waals surface area contributed by atoms with Gasteiger partial charge in [0.2, 0.25) is 0 Å². The molecule has 2 aromatic carbocycles. The Morgan fingerprint density at radius 2 is 1.94 bits per heavy atom. The summed E-state index contributed by atoms with van der Waals surface area (Å²) in [4.78, 5) is 0. The normalized spacial score (nSPS) is 10.3. The van der Waals surface area contributed by atoms with Gasteiger partial charge in [0.1, 0.15) is 11.5 Å². The molecule has 0 aliphatic carbocycles. The number of halogens is 3. The van der Waals surface area contributed by atoms with Crippen LogP contribution in [-0.4, -0.2) is 0 Å². The van der Waals surface area contributed by atoms with Gasteiger partial charge in [0.15, 0.2) is 0 Å². The highest BCUT2D eigenvalue weighted by Crippen LogP contribution is 2.30. The molecule has 0 radical (unpaired) electrons. The summed E-state index contributed by atoms with van der Waals surface area (Å²) in [5.74, 6) is 1.89. The van der Waals surface area contributed by atoms with E-state index in [0.29, 0.717) is 16.7 Å². The highest BCUT2D eigenvalue weighted by atomic mass is 127.